The van der Waals surface area contributed by atoms with Crippen molar-refractivity contribution in [1.29, 1.82) is 0 Å². The molecule has 0 bridgehead atoms. The Kier molecular flexibility index (Phi) is 1.88. The summed E-state index contributed by atoms with van der Waals surface area (Å²) in [7, 11) is 2.15. The lowest BCUT2D eigenvalue weighted by Crippen LogP contribution is -2.66. The van der Waals surface area contributed by atoms with Gasteiger partial charge in [0.25, 0.3) is 0 Å². The highest BCUT2D eigenvalue weighted by atomic mass is 32.2. The molecule has 0 aromatic rings. The molecular formula is C7H13BN2OS. The van der Waals surface area contributed by atoms with E-state index in [-0.39, 0.29) is 10.8 Å². The number of hydrogen-bond acceptors (Lipinski definition) is 3. The van der Waals surface area contributed by atoms with E-state index < -0.39 is 0 Å². The van der Waals surface area contributed by atoms with Crippen molar-refractivity contribution in [3.63, 3.8) is 0 Å². The minimum atomic E-state index is 0.210. The number of thioether (sulfide) groups is 1. The minimum Gasteiger partial charge on any atom is -0.337 e. The molecule has 2 fully saturated rings. The summed E-state index contributed by atoms with van der Waals surface area (Å²) < 4.78 is 0. The number of carbonyl (C=O) groups excluding carboxylic acids is 1. The zero-order chi connectivity index (χ0) is 8.77. The van der Waals surface area contributed by atoms with Gasteiger partial charge < -0.3 is 9.71 Å². The smallest absolute Gasteiger partial charge is 0.219 e. The first kappa shape index (κ1) is 8.44. The fraction of sp³-hybridized carbons (Fsp3) is 0.857. The molecule has 0 atom stereocenters. The number of likely N-dealkylation sites (tertiary alicyclic amines) is 1. The van der Waals surface area contributed by atoms with Gasteiger partial charge >= 0.3 is 0 Å². The van der Waals surface area contributed by atoms with E-state index in [4.69, 9.17) is 0 Å². The van der Waals surface area contributed by atoms with Gasteiger partial charge in [-0.25, -0.2) is 0 Å². The molecule has 1 spiro atoms. The Labute approximate surface area is 77.9 Å². The molecule has 12 heavy (non-hydrogen) atoms. The lowest BCUT2D eigenvalue weighted by atomic mass is 10.0. The fourth-order valence-corrected chi connectivity index (χ4v) is 3.34. The van der Waals surface area contributed by atoms with E-state index in [0.29, 0.717) is 0 Å². The Morgan fingerprint density at radius 1 is 1.58 bits per heavy atom. The highest BCUT2D eigenvalue weighted by molar-refractivity contribution is 8.01. The van der Waals surface area contributed by atoms with Gasteiger partial charge in [0.1, 0.15) is 0 Å². The maximum atomic E-state index is 11.0. The van der Waals surface area contributed by atoms with E-state index in [1.54, 1.807) is 6.92 Å². The molecular weight excluding hydrogens is 171 g/mol. The van der Waals surface area contributed by atoms with E-state index in [1.165, 1.54) is 5.75 Å². The highest BCUT2D eigenvalue weighted by Gasteiger charge is 2.49. The van der Waals surface area contributed by atoms with Crippen molar-refractivity contribution in [1.82, 2.24) is 9.71 Å². The SMILES string of the molecule is BN1CCSC12CN(C(C)=O)C2. The van der Waals surface area contributed by atoms with Gasteiger partial charge in [0.05, 0.1) is 4.87 Å². The zero-order valence-corrected chi connectivity index (χ0v) is 8.36. The lowest BCUT2D eigenvalue weighted by Gasteiger charge is -2.51. The summed E-state index contributed by atoms with van der Waals surface area (Å²) in [6.45, 7) is 4.65. The quantitative estimate of drug-likeness (QED) is 0.458. The van der Waals surface area contributed by atoms with Gasteiger partial charge in [-0.3, -0.25) is 4.79 Å². The van der Waals surface area contributed by atoms with Gasteiger partial charge in [0.15, 0.2) is 7.98 Å². The number of amides is 1. The first-order valence-electron chi connectivity index (χ1n) is 4.25. The second kappa shape index (κ2) is 2.67. The molecule has 0 N–H and O–H groups in total. The first-order chi connectivity index (χ1) is 5.64. The summed E-state index contributed by atoms with van der Waals surface area (Å²) >= 11 is 1.99. The Hall–Kier alpha value is -0.155. The molecule has 2 aliphatic heterocycles. The Bertz CT molecular complexity index is 217. The van der Waals surface area contributed by atoms with Gasteiger partial charge in [-0.1, -0.05) is 0 Å². The van der Waals surface area contributed by atoms with Crippen molar-refractivity contribution in [2.24, 2.45) is 0 Å². The van der Waals surface area contributed by atoms with Gasteiger partial charge in [-0.05, 0) is 6.54 Å². The Balaban J connectivity index is 1.97. The predicted octanol–water partition coefficient (Wildman–Crippen LogP) is -0.858. The van der Waals surface area contributed by atoms with Crippen molar-refractivity contribution >= 4 is 25.7 Å². The van der Waals surface area contributed by atoms with Gasteiger partial charge in [0.2, 0.25) is 5.91 Å². The van der Waals surface area contributed by atoms with E-state index in [1.807, 2.05) is 16.7 Å². The standard InChI is InChI=1S/C7H13BN2OS/c1-6(11)9-4-7(5-9)10(8)2-3-12-7/h2-5,8H2,1H3. The topological polar surface area (TPSA) is 23.6 Å². The van der Waals surface area contributed by atoms with E-state index >= 15 is 0 Å². The molecule has 1 amide bonds. The molecule has 0 unspecified atom stereocenters. The third kappa shape index (κ3) is 1.07. The van der Waals surface area contributed by atoms with Crippen LogP contribution in [0.1, 0.15) is 6.92 Å². The van der Waals surface area contributed by atoms with Crippen LogP contribution >= 0.6 is 11.8 Å². The fourth-order valence-electron chi connectivity index (χ4n) is 1.79. The molecule has 0 aromatic carbocycles. The van der Waals surface area contributed by atoms with Crippen LogP contribution in [0.2, 0.25) is 0 Å². The molecule has 2 aliphatic rings. The van der Waals surface area contributed by atoms with Crippen molar-refractivity contribution < 1.29 is 4.79 Å². The molecule has 3 nitrogen and oxygen atoms in total. The molecule has 0 radical (unpaired) electrons. The van der Waals surface area contributed by atoms with Crippen molar-refractivity contribution in [3.8, 4) is 0 Å². The van der Waals surface area contributed by atoms with Crippen LogP contribution in [0.4, 0.5) is 0 Å². The summed E-state index contributed by atoms with van der Waals surface area (Å²) in [5, 5.41) is 0. The van der Waals surface area contributed by atoms with Crippen LogP contribution in [-0.2, 0) is 4.79 Å². The van der Waals surface area contributed by atoms with Crippen LogP contribution in [0.25, 0.3) is 0 Å². The van der Waals surface area contributed by atoms with Gasteiger partial charge in [0, 0.05) is 25.8 Å². The molecule has 2 rings (SSSR count). The number of carbonyl (C=O) groups is 1. The van der Waals surface area contributed by atoms with Crippen LogP contribution < -0.4 is 0 Å². The second-order valence-electron chi connectivity index (χ2n) is 3.59. The maximum absolute atomic E-state index is 11.0. The third-order valence-electron chi connectivity index (χ3n) is 2.81. The van der Waals surface area contributed by atoms with Crippen LogP contribution in [0.5, 0.6) is 0 Å². The van der Waals surface area contributed by atoms with Crippen molar-refractivity contribution in [3.05, 3.63) is 0 Å². The van der Waals surface area contributed by atoms with Crippen LogP contribution in [-0.4, -0.2) is 53.9 Å². The number of rotatable bonds is 0. The van der Waals surface area contributed by atoms with E-state index in [0.717, 1.165) is 19.6 Å². The van der Waals surface area contributed by atoms with E-state index in [2.05, 4.69) is 12.8 Å². The lowest BCUT2D eigenvalue weighted by molar-refractivity contribution is -0.135. The molecule has 5 heteroatoms. The maximum Gasteiger partial charge on any atom is 0.219 e. The van der Waals surface area contributed by atoms with Crippen molar-refractivity contribution in [2.45, 2.75) is 11.8 Å². The summed E-state index contributed by atoms with van der Waals surface area (Å²) in [6.07, 6.45) is 0. The molecule has 0 aromatic heterocycles. The van der Waals surface area contributed by atoms with Gasteiger partial charge in [-0.2, -0.15) is 0 Å². The first-order valence-corrected chi connectivity index (χ1v) is 5.23. The number of nitrogens with zero attached hydrogens (tertiary/aromatic N) is 2. The summed E-state index contributed by atoms with van der Waals surface area (Å²) in [5.41, 5.74) is 0. The molecule has 2 heterocycles. The summed E-state index contributed by atoms with van der Waals surface area (Å²) in [6, 6.07) is 0. The van der Waals surface area contributed by atoms with Crippen LogP contribution in [0.3, 0.4) is 0 Å². The zero-order valence-electron chi connectivity index (χ0n) is 7.54. The molecule has 0 aliphatic carbocycles. The predicted molar refractivity (Wildman–Crippen MR) is 52.7 cm³/mol. The van der Waals surface area contributed by atoms with Crippen molar-refractivity contribution in [2.75, 3.05) is 25.4 Å². The average Bonchev–Trinajstić information content (AvgIpc) is 2.26. The Morgan fingerprint density at radius 2 is 2.25 bits per heavy atom. The van der Waals surface area contributed by atoms with Crippen LogP contribution in [0, 0.1) is 0 Å². The Morgan fingerprint density at radius 3 is 2.67 bits per heavy atom. The molecule has 66 valence electrons. The largest absolute Gasteiger partial charge is 0.337 e. The summed E-state index contributed by atoms with van der Waals surface area (Å²) in [4.78, 5) is 15.5. The van der Waals surface area contributed by atoms with Crippen LogP contribution in [0.15, 0.2) is 0 Å². The third-order valence-corrected chi connectivity index (χ3v) is 4.31. The molecule has 0 saturated carbocycles. The monoisotopic (exact) mass is 184 g/mol. The minimum absolute atomic E-state index is 0.210. The summed E-state index contributed by atoms with van der Waals surface area (Å²) in [5.74, 6) is 1.42. The highest BCUT2D eigenvalue weighted by Crippen LogP contribution is 2.41. The molecule has 2 saturated heterocycles. The van der Waals surface area contributed by atoms with Gasteiger partial charge in [-0.15, -0.1) is 11.8 Å². The second-order valence-corrected chi connectivity index (χ2v) is 5.05. The van der Waals surface area contributed by atoms with E-state index in [9.17, 15) is 4.79 Å². The average molecular weight is 184 g/mol. The normalized spacial score (nSPS) is 27.6. The number of hydrogen-bond donors (Lipinski definition) is 0.